The van der Waals surface area contributed by atoms with E-state index in [1.807, 2.05) is 24.3 Å². The van der Waals surface area contributed by atoms with E-state index in [1.165, 1.54) is 6.07 Å². The van der Waals surface area contributed by atoms with Crippen molar-refractivity contribution < 1.29 is 14.1 Å². The van der Waals surface area contributed by atoms with Crippen LogP contribution < -0.4 is 11.1 Å². The number of amides is 1. The van der Waals surface area contributed by atoms with Gasteiger partial charge in [-0.15, -0.1) is 0 Å². The standard InChI is InChI=1S/C13H13N3O4/c14-7-9-3-1-2-4-10(9)8-15-13(17)11-5-6-12(20-11)16(18)19/h1-6H,7-8,14H2,(H,15,17). The van der Waals surface area contributed by atoms with E-state index in [9.17, 15) is 14.9 Å². The maximum absolute atomic E-state index is 11.8. The Morgan fingerprint density at radius 3 is 2.55 bits per heavy atom. The van der Waals surface area contributed by atoms with Gasteiger partial charge in [-0.25, -0.2) is 0 Å². The molecular weight excluding hydrogens is 262 g/mol. The van der Waals surface area contributed by atoms with E-state index in [1.54, 1.807) is 0 Å². The van der Waals surface area contributed by atoms with Gasteiger partial charge in [-0.05, 0) is 17.2 Å². The Morgan fingerprint density at radius 2 is 1.95 bits per heavy atom. The zero-order valence-corrected chi connectivity index (χ0v) is 10.5. The number of hydrogen-bond donors (Lipinski definition) is 2. The number of furan rings is 1. The highest BCUT2D eigenvalue weighted by molar-refractivity contribution is 5.91. The van der Waals surface area contributed by atoms with Crippen molar-refractivity contribution in [3.05, 3.63) is 63.4 Å². The first-order valence-corrected chi connectivity index (χ1v) is 5.91. The second-order valence-electron chi connectivity index (χ2n) is 4.05. The third kappa shape index (κ3) is 3.01. The molecule has 2 aromatic rings. The molecule has 3 N–H and O–H groups in total. The van der Waals surface area contributed by atoms with Crippen molar-refractivity contribution >= 4 is 11.8 Å². The Kier molecular flexibility index (Phi) is 4.11. The van der Waals surface area contributed by atoms with Gasteiger partial charge in [0, 0.05) is 13.1 Å². The van der Waals surface area contributed by atoms with Gasteiger partial charge in [0.25, 0.3) is 5.91 Å². The first-order chi connectivity index (χ1) is 9.61. The van der Waals surface area contributed by atoms with Crippen molar-refractivity contribution in [2.45, 2.75) is 13.1 Å². The topological polar surface area (TPSA) is 111 Å². The summed E-state index contributed by atoms with van der Waals surface area (Å²) in [5, 5.41) is 13.1. The minimum Gasteiger partial charge on any atom is -0.395 e. The summed E-state index contributed by atoms with van der Waals surface area (Å²) in [5.74, 6) is -1.07. The fourth-order valence-corrected chi connectivity index (χ4v) is 1.74. The Hall–Kier alpha value is -2.67. The minimum absolute atomic E-state index is 0.0954. The van der Waals surface area contributed by atoms with Gasteiger partial charge >= 0.3 is 5.88 Å². The van der Waals surface area contributed by atoms with Crippen LogP contribution in [-0.4, -0.2) is 10.8 Å². The first kappa shape index (κ1) is 13.8. The molecule has 0 radical (unpaired) electrons. The number of carbonyl (C=O) groups excluding carboxylic acids is 1. The molecule has 7 heteroatoms. The molecule has 0 aliphatic carbocycles. The van der Waals surface area contributed by atoms with Crippen LogP contribution in [0.2, 0.25) is 0 Å². The lowest BCUT2D eigenvalue weighted by molar-refractivity contribution is -0.402. The molecule has 0 bridgehead atoms. The van der Waals surface area contributed by atoms with Crippen LogP contribution >= 0.6 is 0 Å². The molecule has 1 amide bonds. The lowest BCUT2D eigenvalue weighted by Crippen LogP contribution is -2.23. The van der Waals surface area contributed by atoms with Gasteiger partial charge in [0.2, 0.25) is 0 Å². The number of nitrogens with two attached hydrogens (primary N) is 1. The summed E-state index contributed by atoms with van der Waals surface area (Å²) in [4.78, 5) is 21.6. The molecule has 0 saturated heterocycles. The summed E-state index contributed by atoms with van der Waals surface area (Å²) in [6, 6.07) is 9.85. The van der Waals surface area contributed by atoms with Gasteiger partial charge in [-0.3, -0.25) is 14.9 Å². The SMILES string of the molecule is NCc1ccccc1CNC(=O)c1ccc([N+](=O)[O-])o1. The number of benzene rings is 1. The molecule has 0 aliphatic heterocycles. The van der Waals surface area contributed by atoms with Crippen LogP contribution in [0.1, 0.15) is 21.7 Å². The molecule has 1 heterocycles. The van der Waals surface area contributed by atoms with Gasteiger partial charge in [-0.1, -0.05) is 24.3 Å². The zero-order chi connectivity index (χ0) is 14.5. The normalized spacial score (nSPS) is 10.2. The molecule has 0 unspecified atom stereocenters. The highest BCUT2D eigenvalue weighted by atomic mass is 16.6. The van der Waals surface area contributed by atoms with Crippen molar-refractivity contribution in [3.63, 3.8) is 0 Å². The summed E-state index contributed by atoms with van der Waals surface area (Å²) in [6.07, 6.45) is 0. The molecule has 0 spiro atoms. The van der Waals surface area contributed by atoms with Crippen molar-refractivity contribution in [2.75, 3.05) is 0 Å². The predicted molar refractivity (Wildman–Crippen MR) is 70.9 cm³/mol. The van der Waals surface area contributed by atoms with E-state index < -0.39 is 16.7 Å². The van der Waals surface area contributed by atoms with Gasteiger partial charge in [0.15, 0.2) is 5.76 Å². The van der Waals surface area contributed by atoms with Crippen LogP contribution in [-0.2, 0) is 13.1 Å². The zero-order valence-electron chi connectivity index (χ0n) is 10.5. The van der Waals surface area contributed by atoms with Crippen molar-refractivity contribution in [1.29, 1.82) is 0 Å². The Labute approximate surface area is 114 Å². The fourth-order valence-electron chi connectivity index (χ4n) is 1.74. The molecule has 20 heavy (non-hydrogen) atoms. The predicted octanol–water partition coefficient (Wildman–Crippen LogP) is 1.58. The monoisotopic (exact) mass is 275 g/mol. The Morgan fingerprint density at radius 1 is 1.25 bits per heavy atom. The van der Waals surface area contributed by atoms with E-state index in [2.05, 4.69) is 5.32 Å². The van der Waals surface area contributed by atoms with E-state index in [-0.39, 0.29) is 12.3 Å². The van der Waals surface area contributed by atoms with E-state index in [0.717, 1.165) is 17.2 Å². The molecule has 1 aromatic heterocycles. The fraction of sp³-hybridized carbons (Fsp3) is 0.154. The Bertz CT molecular complexity index is 636. The second-order valence-corrected chi connectivity index (χ2v) is 4.05. The molecule has 0 saturated carbocycles. The number of rotatable bonds is 5. The van der Waals surface area contributed by atoms with Gasteiger partial charge < -0.3 is 15.5 Å². The molecule has 7 nitrogen and oxygen atoms in total. The number of nitrogens with zero attached hydrogens (tertiary/aromatic N) is 1. The van der Waals surface area contributed by atoms with E-state index in [4.69, 9.17) is 10.2 Å². The van der Waals surface area contributed by atoms with E-state index in [0.29, 0.717) is 6.54 Å². The summed E-state index contributed by atoms with van der Waals surface area (Å²) < 4.78 is 4.82. The maximum Gasteiger partial charge on any atom is 0.433 e. The largest absolute Gasteiger partial charge is 0.433 e. The van der Waals surface area contributed by atoms with Crippen molar-refractivity contribution in [1.82, 2.24) is 5.32 Å². The number of hydrogen-bond acceptors (Lipinski definition) is 5. The number of nitrogens with one attached hydrogen (secondary N) is 1. The van der Waals surface area contributed by atoms with Crippen LogP contribution in [0.5, 0.6) is 0 Å². The minimum atomic E-state index is -0.694. The molecular formula is C13H13N3O4. The van der Waals surface area contributed by atoms with Crippen LogP contribution in [0.15, 0.2) is 40.8 Å². The smallest absolute Gasteiger partial charge is 0.395 e. The third-order valence-corrected chi connectivity index (χ3v) is 2.77. The quantitative estimate of drug-likeness (QED) is 0.635. The van der Waals surface area contributed by atoms with Crippen LogP contribution in [0, 0.1) is 10.1 Å². The Balaban J connectivity index is 2.03. The number of carbonyl (C=O) groups is 1. The summed E-state index contributed by atoms with van der Waals surface area (Å²) in [7, 11) is 0. The van der Waals surface area contributed by atoms with Crippen molar-refractivity contribution in [2.24, 2.45) is 5.73 Å². The molecule has 2 rings (SSSR count). The average molecular weight is 275 g/mol. The van der Waals surface area contributed by atoms with Gasteiger partial charge in [-0.2, -0.15) is 0 Å². The van der Waals surface area contributed by atoms with Crippen LogP contribution in [0.3, 0.4) is 0 Å². The van der Waals surface area contributed by atoms with Gasteiger partial charge in [0.1, 0.15) is 4.92 Å². The highest BCUT2D eigenvalue weighted by Gasteiger charge is 2.17. The van der Waals surface area contributed by atoms with Crippen LogP contribution in [0.25, 0.3) is 0 Å². The lowest BCUT2D eigenvalue weighted by Gasteiger charge is -2.08. The highest BCUT2D eigenvalue weighted by Crippen LogP contribution is 2.15. The second kappa shape index (κ2) is 5.98. The summed E-state index contributed by atoms with van der Waals surface area (Å²) in [5.41, 5.74) is 7.42. The van der Waals surface area contributed by atoms with Crippen LogP contribution in [0.4, 0.5) is 5.88 Å². The first-order valence-electron chi connectivity index (χ1n) is 5.91. The van der Waals surface area contributed by atoms with Crippen molar-refractivity contribution in [3.8, 4) is 0 Å². The van der Waals surface area contributed by atoms with Gasteiger partial charge in [0.05, 0.1) is 6.07 Å². The number of nitro groups is 1. The summed E-state index contributed by atoms with van der Waals surface area (Å²) >= 11 is 0. The molecule has 0 atom stereocenters. The molecule has 0 fully saturated rings. The summed E-state index contributed by atoms with van der Waals surface area (Å²) in [6.45, 7) is 0.652. The third-order valence-electron chi connectivity index (χ3n) is 2.77. The maximum atomic E-state index is 11.8. The molecule has 1 aromatic carbocycles. The molecule has 0 aliphatic rings. The lowest BCUT2D eigenvalue weighted by atomic mass is 10.1. The van der Waals surface area contributed by atoms with E-state index >= 15 is 0 Å². The average Bonchev–Trinajstić information content (AvgIpc) is 2.95. The molecule has 104 valence electrons.